The lowest BCUT2D eigenvalue weighted by Gasteiger charge is -2.09. The molecule has 5 heteroatoms. The standard InChI is InChI=1S/C13H10ClNO3/c14-10-3-4-11(13(16)17)12(6-10)18-8-9-2-1-5-15-7-9/h1-7H,8H2,(H,16,17). The first-order valence-corrected chi connectivity index (χ1v) is 5.59. The SMILES string of the molecule is O=C(O)c1ccc(Cl)cc1OCc1cccnc1. The van der Waals surface area contributed by atoms with Gasteiger partial charge in [-0.25, -0.2) is 4.79 Å². The van der Waals surface area contributed by atoms with Crippen molar-refractivity contribution in [3.05, 3.63) is 58.9 Å². The third kappa shape index (κ3) is 2.99. The summed E-state index contributed by atoms with van der Waals surface area (Å²) in [5.41, 5.74) is 0.942. The third-order valence-electron chi connectivity index (χ3n) is 2.29. The molecule has 1 N–H and O–H groups in total. The molecule has 0 saturated heterocycles. The van der Waals surface area contributed by atoms with Crippen LogP contribution in [-0.4, -0.2) is 16.1 Å². The van der Waals surface area contributed by atoms with E-state index in [1.165, 1.54) is 18.2 Å². The Kier molecular flexibility index (Phi) is 3.79. The molecule has 1 heterocycles. The minimum absolute atomic E-state index is 0.0864. The number of ether oxygens (including phenoxy) is 1. The molecule has 18 heavy (non-hydrogen) atoms. The smallest absolute Gasteiger partial charge is 0.339 e. The number of halogens is 1. The number of hydrogen-bond acceptors (Lipinski definition) is 3. The van der Waals surface area contributed by atoms with Crippen molar-refractivity contribution in [1.82, 2.24) is 4.98 Å². The van der Waals surface area contributed by atoms with Crippen LogP contribution in [0.25, 0.3) is 0 Å². The maximum absolute atomic E-state index is 11.0. The lowest BCUT2D eigenvalue weighted by molar-refractivity contribution is 0.0692. The summed E-state index contributed by atoms with van der Waals surface area (Å²) in [6.07, 6.45) is 3.32. The van der Waals surface area contributed by atoms with E-state index in [9.17, 15) is 4.79 Å². The molecule has 0 unspecified atom stereocenters. The average Bonchev–Trinajstić information content (AvgIpc) is 2.37. The maximum Gasteiger partial charge on any atom is 0.339 e. The number of carboxylic acid groups (broad SMARTS) is 1. The van der Waals surface area contributed by atoms with E-state index in [-0.39, 0.29) is 17.9 Å². The fourth-order valence-corrected chi connectivity index (χ4v) is 1.60. The van der Waals surface area contributed by atoms with Crippen molar-refractivity contribution >= 4 is 17.6 Å². The molecule has 0 bridgehead atoms. The van der Waals surface area contributed by atoms with E-state index in [1.54, 1.807) is 18.5 Å². The van der Waals surface area contributed by atoms with Crippen LogP contribution in [0.2, 0.25) is 5.02 Å². The zero-order chi connectivity index (χ0) is 13.0. The fraction of sp³-hybridized carbons (Fsp3) is 0.0769. The predicted molar refractivity (Wildman–Crippen MR) is 67.0 cm³/mol. The Bertz CT molecular complexity index is 557. The zero-order valence-electron chi connectivity index (χ0n) is 9.34. The van der Waals surface area contributed by atoms with Crippen LogP contribution in [0.15, 0.2) is 42.7 Å². The molecule has 0 aliphatic rings. The molecule has 0 amide bonds. The van der Waals surface area contributed by atoms with Crippen LogP contribution in [-0.2, 0) is 6.61 Å². The van der Waals surface area contributed by atoms with E-state index in [1.807, 2.05) is 6.07 Å². The Morgan fingerprint density at radius 3 is 2.89 bits per heavy atom. The van der Waals surface area contributed by atoms with E-state index in [0.29, 0.717) is 5.02 Å². The summed E-state index contributed by atoms with van der Waals surface area (Å²) in [6.45, 7) is 0.245. The Morgan fingerprint density at radius 1 is 1.39 bits per heavy atom. The van der Waals surface area contributed by atoms with Gasteiger partial charge in [0.1, 0.15) is 17.9 Å². The first-order valence-electron chi connectivity index (χ1n) is 5.21. The van der Waals surface area contributed by atoms with Gasteiger partial charge in [0.2, 0.25) is 0 Å². The van der Waals surface area contributed by atoms with Crippen molar-refractivity contribution in [3.63, 3.8) is 0 Å². The van der Waals surface area contributed by atoms with Gasteiger partial charge >= 0.3 is 5.97 Å². The number of aromatic carboxylic acids is 1. The molecule has 1 aromatic carbocycles. The first kappa shape index (κ1) is 12.4. The van der Waals surface area contributed by atoms with Gasteiger partial charge in [0, 0.05) is 23.0 Å². The average molecular weight is 264 g/mol. The maximum atomic E-state index is 11.0. The van der Waals surface area contributed by atoms with E-state index in [4.69, 9.17) is 21.4 Å². The number of carboxylic acids is 1. The highest BCUT2D eigenvalue weighted by Crippen LogP contribution is 2.24. The topological polar surface area (TPSA) is 59.4 Å². The number of rotatable bonds is 4. The summed E-state index contributed by atoms with van der Waals surface area (Å²) in [6, 6.07) is 8.05. The quantitative estimate of drug-likeness (QED) is 0.921. The number of pyridine rings is 1. The van der Waals surface area contributed by atoms with Crippen molar-refractivity contribution < 1.29 is 14.6 Å². The zero-order valence-corrected chi connectivity index (χ0v) is 10.1. The molecule has 2 rings (SSSR count). The van der Waals surface area contributed by atoms with Crippen LogP contribution in [0, 0.1) is 0 Å². The molecule has 0 aliphatic heterocycles. The number of aromatic nitrogens is 1. The first-order chi connectivity index (χ1) is 8.66. The van der Waals surface area contributed by atoms with Gasteiger partial charge in [0.25, 0.3) is 0 Å². The summed E-state index contributed by atoms with van der Waals surface area (Å²) < 4.78 is 5.46. The van der Waals surface area contributed by atoms with Gasteiger partial charge in [-0.05, 0) is 24.3 Å². The summed E-state index contributed by atoms with van der Waals surface area (Å²) in [5.74, 6) is -0.799. The molecule has 0 aliphatic carbocycles. The molecule has 0 fully saturated rings. The van der Waals surface area contributed by atoms with Gasteiger partial charge < -0.3 is 9.84 Å². The number of benzene rings is 1. The number of hydrogen-bond donors (Lipinski definition) is 1. The minimum atomic E-state index is -1.05. The molecule has 4 nitrogen and oxygen atoms in total. The predicted octanol–water partition coefficient (Wildman–Crippen LogP) is 3.01. The lowest BCUT2D eigenvalue weighted by atomic mass is 10.2. The molecule has 1 aromatic heterocycles. The molecular formula is C13H10ClNO3. The third-order valence-corrected chi connectivity index (χ3v) is 2.53. The minimum Gasteiger partial charge on any atom is -0.488 e. The molecular weight excluding hydrogens is 254 g/mol. The second-order valence-corrected chi connectivity index (χ2v) is 4.03. The van der Waals surface area contributed by atoms with Gasteiger partial charge in [0.15, 0.2) is 0 Å². The van der Waals surface area contributed by atoms with Crippen LogP contribution in [0.5, 0.6) is 5.75 Å². The van der Waals surface area contributed by atoms with Crippen molar-refractivity contribution in [1.29, 1.82) is 0 Å². The number of nitrogens with zero attached hydrogens (tertiary/aromatic N) is 1. The van der Waals surface area contributed by atoms with Gasteiger partial charge in [0.05, 0.1) is 0 Å². The van der Waals surface area contributed by atoms with E-state index < -0.39 is 5.97 Å². The number of carbonyl (C=O) groups is 1. The van der Waals surface area contributed by atoms with Crippen molar-refractivity contribution in [3.8, 4) is 5.75 Å². The summed E-state index contributed by atoms with van der Waals surface area (Å²) in [7, 11) is 0. The van der Waals surface area contributed by atoms with E-state index >= 15 is 0 Å². The molecule has 0 radical (unpaired) electrons. The molecule has 0 saturated carbocycles. The Morgan fingerprint density at radius 2 is 2.22 bits per heavy atom. The van der Waals surface area contributed by atoms with Crippen LogP contribution >= 0.6 is 11.6 Å². The molecule has 0 atom stereocenters. The largest absolute Gasteiger partial charge is 0.488 e. The normalized spacial score (nSPS) is 10.1. The van der Waals surface area contributed by atoms with Crippen LogP contribution in [0.4, 0.5) is 0 Å². The Labute approximate surface area is 109 Å². The van der Waals surface area contributed by atoms with Crippen LogP contribution in [0.1, 0.15) is 15.9 Å². The van der Waals surface area contributed by atoms with Crippen LogP contribution in [0.3, 0.4) is 0 Å². The van der Waals surface area contributed by atoms with E-state index in [0.717, 1.165) is 5.56 Å². The van der Waals surface area contributed by atoms with Gasteiger partial charge in [-0.3, -0.25) is 4.98 Å². The summed E-state index contributed by atoms with van der Waals surface area (Å²) >= 11 is 5.82. The second-order valence-electron chi connectivity index (χ2n) is 3.60. The van der Waals surface area contributed by atoms with Crippen molar-refractivity contribution in [2.24, 2.45) is 0 Å². The lowest BCUT2D eigenvalue weighted by Crippen LogP contribution is -2.03. The highest BCUT2D eigenvalue weighted by Gasteiger charge is 2.11. The van der Waals surface area contributed by atoms with Crippen molar-refractivity contribution in [2.75, 3.05) is 0 Å². The monoisotopic (exact) mass is 263 g/mol. The Hall–Kier alpha value is -2.07. The van der Waals surface area contributed by atoms with Gasteiger partial charge in [-0.1, -0.05) is 17.7 Å². The molecule has 0 spiro atoms. The highest BCUT2D eigenvalue weighted by atomic mass is 35.5. The van der Waals surface area contributed by atoms with Crippen LogP contribution < -0.4 is 4.74 Å². The van der Waals surface area contributed by atoms with Gasteiger partial charge in [-0.2, -0.15) is 0 Å². The second kappa shape index (κ2) is 5.51. The summed E-state index contributed by atoms with van der Waals surface area (Å²) in [4.78, 5) is 15.0. The summed E-state index contributed by atoms with van der Waals surface area (Å²) in [5, 5.41) is 9.45. The van der Waals surface area contributed by atoms with Crippen molar-refractivity contribution in [2.45, 2.75) is 6.61 Å². The Balaban J connectivity index is 2.18. The molecule has 92 valence electrons. The highest BCUT2D eigenvalue weighted by molar-refractivity contribution is 6.30. The fourth-order valence-electron chi connectivity index (χ4n) is 1.44. The van der Waals surface area contributed by atoms with E-state index in [2.05, 4.69) is 4.98 Å². The van der Waals surface area contributed by atoms with Gasteiger partial charge in [-0.15, -0.1) is 0 Å². The molecule has 2 aromatic rings.